The predicted molar refractivity (Wildman–Crippen MR) is 105 cm³/mol. The number of carbonyl (C=O) groups excluding carboxylic acids is 2. The molecule has 2 heterocycles. The highest BCUT2D eigenvalue weighted by Crippen LogP contribution is 2.42. The van der Waals surface area contributed by atoms with E-state index >= 15 is 0 Å². The third-order valence-corrected chi connectivity index (χ3v) is 5.40. The molecule has 1 saturated heterocycles. The Morgan fingerprint density at radius 2 is 1.79 bits per heavy atom. The van der Waals surface area contributed by atoms with Gasteiger partial charge in [0, 0.05) is 22.2 Å². The second kappa shape index (κ2) is 7.18. The molecular weight excluding hydrogens is 403 g/mol. The lowest BCUT2D eigenvalue weighted by Crippen LogP contribution is -2.29. The van der Waals surface area contributed by atoms with E-state index in [-0.39, 0.29) is 16.9 Å². The number of hydrogen-bond donors (Lipinski definition) is 1. The first-order valence-corrected chi connectivity index (χ1v) is 9.45. The van der Waals surface area contributed by atoms with Gasteiger partial charge in [-0.3, -0.25) is 14.5 Å². The summed E-state index contributed by atoms with van der Waals surface area (Å²) in [6.07, 6.45) is 1.53. The maximum absolute atomic E-state index is 13.2. The fourth-order valence-corrected chi connectivity index (χ4v) is 3.88. The van der Waals surface area contributed by atoms with Crippen LogP contribution in [-0.2, 0) is 9.59 Å². The molecule has 1 aliphatic rings. The number of aromatic nitrogens is 1. The number of thiazole rings is 1. The largest absolute Gasteiger partial charge is 0.507 e. The van der Waals surface area contributed by atoms with Crippen LogP contribution < -0.4 is 4.90 Å². The predicted octanol–water partition coefficient (Wildman–Crippen LogP) is 4.56. The van der Waals surface area contributed by atoms with Crippen LogP contribution in [0, 0.1) is 5.82 Å². The normalized spacial score (nSPS) is 18.6. The topological polar surface area (TPSA) is 70.5 Å². The number of nitrogens with zero attached hydrogens (tertiary/aromatic N) is 2. The highest BCUT2D eigenvalue weighted by Gasteiger charge is 2.47. The molecule has 1 aliphatic heterocycles. The van der Waals surface area contributed by atoms with Crippen molar-refractivity contribution in [2.24, 2.45) is 0 Å². The second-order valence-corrected chi connectivity index (χ2v) is 7.35. The number of aliphatic hydroxyl groups is 1. The number of rotatable bonds is 3. The minimum Gasteiger partial charge on any atom is -0.507 e. The number of anilines is 1. The first-order valence-electron chi connectivity index (χ1n) is 8.19. The smallest absolute Gasteiger partial charge is 0.301 e. The molecule has 28 heavy (non-hydrogen) atoms. The van der Waals surface area contributed by atoms with E-state index in [2.05, 4.69) is 4.98 Å². The van der Waals surface area contributed by atoms with E-state index in [9.17, 15) is 19.1 Å². The molecule has 0 radical (unpaired) electrons. The minimum atomic E-state index is -0.881. The first-order chi connectivity index (χ1) is 13.5. The summed E-state index contributed by atoms with van der Waals surface area (Å²) in [5, 5.41) is 13.3. The molecule has 1 fully saturated rings. The molecule has 3 aromatic rings. The van der Waals surface area contributed by atoms with Crippen LogP contribution in [0.15, 0.2) is 65.7 Å². The summed E-state index contributed by atoms with van der Waals surface area (Å²) in [5.74, 6) is -2.48. The zero-order chi connectivity index (χ0) is 19.8. The van der Waals surface area contributed by atoms with Crippen LogP contribution in [-0.4, -0.2) is 21.8 Å². The van der Waals surface area contributed by atoms with Gasteiger partial charge in [-0.15, -0.1) is 11.3 Å². The Bertz CT molecular complexity index is 1080. The molecule has 0 bridgehead atoms. The van der Waals surface area contributed by atoms with Crippen molar-refractivity contribution in [2.75, 3.05) is 4.90 Å². The SMILES string of the molecule is O=C1C(=O)N(c2nccs2)C(c2ccc(Cl)cc2)/C1=C(\O)c1ccc(F)cc1. The van der Waals surface area contributed by atoms with E-state index in [4.69, 9.17) is 11.6 Å². The zero-order valence-corrected chi connectivity index (χ0v) is 15.7. The van der Waals surface area contributed by atoms with Crippen molar-refractivity contribution < 1.29 is 19.1 Å². The second-order valence-electron chi connectivity index (χ2n) is 6.04. The van der Waals surface area contributed by atoms with Gasteiger partial charge in [0.2, 0.25) is 0 Å². The van der Waals surface area contributed by atoms with Gasteiger partial charge in [-0.05, 0) is 42.0 Å². The Labute approximate surface area is 168 Å². The van der Waals surface area contributed by atoms with Crippen molar-refractivity contribution in [1.29, 1.82) is 0 Å². The van der Waals surface area contributed by atoms with Gasteiger partial charge in [-0.2, -0.15) is 0 Å². The Hall–Kier alpha value is -3.03. The summed E-state index contributed by atoms with van der Waals surface area (Å²) in [6, 6.07) is 10.8. The molecule has 0 saturated carbocycles. The van der Waals surface area contributed by atoms with Gasteiger partial charge in [0.1, 0.15) is 11.6 Å². The monoisotopic (exact) mass is 414 g/mol. The van der Waals surface area contributed by atoms with Gasteiger partial charge < -0.3 is 5.11 Å². The van der Waals surface area contributed by atoms with Gasteiger partial charge in [0.15, 0.2) is 5.13 Å². The maximum Gasteiger partial charge on any atom is 0.301 e. The van der Waals surface area contributed by atoms with E-state index < -0.39 is 23.5 Å². The summed E-state index contributed by atoms with van der Waals surface area (Å²) in [4.78, 5) is 31.0. The zero-order valence-electron chi connectivity index (χ0n) is 14.2. The highest BCUT2D eigenvalue weighted by molar-refractivity contribution is 7.14. The fourth-order valence-electron chi connectivity index (χ4n) is 3.09. The Balaban J connectivity index is 1.93. The van der Waals surface area contributed by atoms with Crippen LogP contribution in [0.2, 0.25) is 5.02 Å². The number of ketones is 1. The number of carbonyl (C=O) groups is 2. The van der Waals surface area contributed by atoms with Crippen LogP contribution in [0.25, 0.3) is 5.76 Å². The maximum atomic E-state index is 13.2. The molecule has 1 unspecified atom stereocenters. The van der Waals surface area contributed by atoms with Crippen molar-refractivity contribution in [2.45, 2.75) is 6.04 Å². The first kappa shape index (κ1) is 18.3. The molecule has 2 aromatic carbocycles. The van der Waals surface area contributed by atoms with Gasteiger partial charge in [0.05, 0.1) is 11.6 Å². The highest BCUT2D eigenvalue weighted by atomic mass is 35.5. The molecule has 1 aromatic heterocycles. The molecule has 1 amide bonds. The third-order valence-electron chi connectivity index (χ3n) is 4.37. The quantitative estimate of drug-likeness (QED) is 0.387. The number of amides is 1. The van der Waals surface area contributed by atoms with Gasteiger partial charge in [0.25, 0.3) is 5.78 Å². The summed E-state index contributed by atoms with van der Waals surface area (Å²) in [5.41, 5.74) is 0.731. The molecule has 8 heteroatoms. The molecule has 1 N–H and O–H groups in total. The Morgan fingerprint density at radius 3 is 2.39 bits per heavy atom. The lowest BCUT2D eigenvalue weighted by Gasteiger charge is -2.23. The van der Waals surface area contributed by atoms with E-state index in [1.54, 1.807) is 29.6 Å². The number of Topliss-reactive ketones (excluding diaryl/α,β-unsaturated/α-hetero) is 1. The standard InChI is InChI=1S/C20H12ClFN2O3S/c21-13-5-1-11(2-6-13)16-15(17(25)12-3-7-14(22)8-4-12)18(26)19(27)24(16)20-23-9-10-28-20/h1-10,16,25H/b17-15+. The third kappa shape index (κ3) is 3.08. The van der Waals surface area contributed by atoms with Gasteiger partial charge in [-0.1, -0.05) is 23.7 Å². The molecule has 1 atom stereocenters. The van der Waals surface area contributed by atoms with Crippen molar-refractivity contribution in [3.8, 4) is 0 Å². The number of hydrogen-bond acceptors (Lipinski definition) is 5. The average Bonchev–Trinajstić information content (AvgIpc) is 3.30. The van der Waals surface area contributed by atoms with Crippen LogP contribution in [0.4, 0.5) is 9.52 Å². The molecule has 5 nitrogen and oxygen atoms in total. The van der Waals surface area contributed by atoms with Gasteiger partial charge in [-0.25, -0.2) is 9.37 Å². The molecule has 0 spiro atoms. The van der Waals surface area contributed by atoms with Crippen molar-refractivity contribution in [1.82, 2.24) is 4.98 Å². The van der Waals surface area contributed by atoms with Crippen LogP contribution in [0.3, 0.4) is 0 Å². The van der Waals surface area contributed by atoms with Crippen molar-refractivity contribution in [3.05, 3.63) is 87.6 Å². The van der Waals surface area contributed by atoms with Crippen molar-refractivity contribution in [3.63, 3.8) is 0 Å². The average molecular weight is 415 g/mol. The lowest BCUT2D eigenvalue weighted by molar-refractivity contribution is -0.132. The number of benzene rings is 2. The van der Waals surface area contributed by atoms with E-state index in [0.717, 1.165) is 0 Å². The van der Waals surface area contributed by atoms with Crippen LogP contribution in [0.1, 0.15) is 17.2 Å². The summed E-state index contributed by atoms with van der Waals surface area (Å²) >= 11 is 7.17. The fraction of sp³-hybridized carbons (Fsp3) is 0.0500. The molecular formula is C20H12ClFN2O3S. The van der Waals surface area contributed by atoms with Crippen LogP contribution >= 0.6 is 22.9 Å². The van der Waals surface area contributed by atoms with Gasteiger partial charge >= 0.3 is 5.91 Å². The lowest BCUT2D eigenvalue weighted by atomic mass is 9.95. The summed E-state index contributed by atoms with van der Waals surface area (Å²) in [6.45, 7) is 0. The Kier molecular flexibility index (Phi) is 4.70. The molecule has 4 rings (SSSR count). The summed E-state index contributed by atoms with van der Waals surface area (Å²) in [7, 11) is 0. The van der Waals surface area contributed by atoms with E-state index in [1.165, 1.54) is 46.7 Å². The molecule has 0 aliphatic carbocycles. The Morgan fingerprint density at radius 1 is 1.11 bits per heavy atom. The number of halogens is 2. The number of aliphatic hydroxyl groups excluding tert-OH is 1. The molecule has 140 valence electrons. The van der Waals surface area contributed by atoms with E-state index in [1.807, 2.05) is 0 Å². The summed E-state index contributed by atoms with van der Waals surface area (Å²) < 4.78 is 13.2. The van der Waals surface area contributed by atoms with E-state index in [0.29, 0.717) is 15.7 Å². The van der Waals surface area contributed by atoms with Crippen LogP contribution in [0.5, 0.6) is 0 Å². The van der Waals surface area contributed by atoms with Crippen molar-refractivity contribution >= 4 is 45.5 Å². The minimum absolute atomic E-state index is 0.0888.